The van der Waals surface area contributed by atoms with Gasteiger partial charge in [0.05, 0.1) is 0 Å². The van der Waals surface area contributed by atoms with E-state index in [0.717, 1.165) is 43.8 Å². The van der Waals surface area contributed by atoms with Crippen LogP contribution in [0.5, 0.6) is 0 Å². The minimum atomic E-state index is 0.169. The molecule has 1 aromatic carbocycles. The third-order valence-corrected chi connectivity index (χ3v) is 3.70. The Kier molecular flexibility index (Phi) is 5.67. The van der Waals surface area contributed by atoms with E-state index in [0.29, 0.717) is 12.5 Å². The van der Waals surface area contributed by atoms with E-state index in [1.54, 1.807) is 0 Å². The second-order valence-corrected chi connectivity index (χ2v) is 5.53. The summed E-state index contributed by atoms with van der Waals surface area (Å²) in [5.41, 5.74) is 1.23. The van der Waals surface area contributed by atoms with Crippen molar-refractivity contribution in [2.45, 2.75) is 38.1 Å². The van der Waals surface area contributed by atoms with Crippen molar-refractivity contribution < 1.29 is 4.79 Å². The fourth-order valence-electron chi connectivity index (χ4n) is 2.38. The monoisotopic (exact) mass is 280 g/mol. The van der Waals surface area contributed by atoms with Crippen LogP contribution < -0.4 is 10.6 Å². The van der Waals surface area contributed by atoms with Gasteiger partial charge in [-0.05, 0) is 49.9 Å². The molecule has 1 aliphatic rings. The lowest BCUT2D eigenvalue weighted by molar-refractivity contribution is -0.122. The molecular weight excluding hydrogens is 260 g/mol. The average molecular weight is 281 g/mol. The van der Waals surface area contributed by atoms with Crippen LogP contribution in [0.3, 0.4) is 0 Å². The van der Waals surface area contributed by atoms with Crippen molar-refractivity contribution in [1.29, 1.82) is 0 Å². The van der Waals surface area contributed by atoms with Gasteiger partial charge >= 0.3 is 0 Å². The Morgan fingerprint density at radius 2 is 2.16 bits per heavy atom. The number of benzene rings is 1. The maximum absolute atomic E-state index is 11.8. The zero-order valence-electron chi connectivity index (χ0n) is 11.1. The number of rotatable bonds is 5. The van der Waals surface area contributed by atoms with Gasteiger partial charge in [-0.3, -0.25) is 4.79 Å². The molecule has 1 amide bonds. The highest BCUT2D eigenvalue weighted by atomic mass is 35.5. The van der Waals surface area contributed by atoms with Gasteiger partial charge in [-0.15, -0.1) is 0 Å². The summed E-state index contributed by atoms with van der Waals surface area (Å²) in [6.07, 6.45) is 4.64. The first-order valence-electron chi connectivity index (χ1n) is 6.98. The van der Waals surface area contributed by atoms with Gasteiger partial charge in [0.25, 0.3) is 0 Å². The van der Waals surface area contributed by atoms with Gasteiger partial charge in [0.1, 0.15) is 0 Å². The smallest absolute Gasteiger partial charge is 0.220 e. The number of aryl methyl sites for hydroxylation is 1. The summed E-state index contributed by atoms with van der Waals surface area (Å²) in [5, 5.41) is 7.15. The van der Waals surface area contributed by atoms with E-state index in [-0.39, 0.29) is 5.91 Å². The predicted octanol–water partition coefficient (Wildman–Crippen LogP) is 2.53. The molecule has 1 aliphatic heterocycles. The topological polar surface area (TPSA) is 41.1 Å². The Labute approximate surface area is 119 Å². The molecule has 3 nitrogen and oxygen atoms in total. The number of hydrogen-bond donors (Lipinski definition) is 2. The highest BCUT2D eigenvalue weighted by molar-refractivity contribution is 6.30. The van der Waals surface area contributed by atoms with E-state index >= 15 is 0 Å². The molecule has 1 saturated heterocycles. The number of hydrogen-bond acceptors (Lipinski definition) is 2. The third-order valence-electron chi connectivity index (χ3n) is 3.44. The molecule has 1 aromatic rings. The summed E-state index contributed by atoms with van der Waals surface area (Å²) >= 11 is 5.83. The minimum absolute atomic E-state index is 0.169. The van der Waals surface area contributed by atoms with E-state index in [2.05, 4.69) is 10.6 Å². The first kappa shape index (κ1) is 14.4. The molecule has 1 atom stereocenters. The van der Waals surface area contributed by atoms with Crippen LogP contribution in [0.2, 0.25) is 5.02 Å². The van der Waals surface area contributed by atoms with E-state index in [4.69, 9.17) is 11.6 Å². The molecule has 2 rings (SSSR count). The molecule has 0 aromatic heterocycles. The lowest BCUT2D eigenvalue weighted by atomic mass is 10.1. The molecule has 1 fully saturated rings. The maximum Gasteiger partial charge on any atom is 0.220 e. The molecule has 1 heterocycles. The van der Waals surface area contributed by atoms with Crippen LogP contribution in [-0.2, 0) is 11.2 Å². The second-order valence-electron chi connectivity index (χ2n) is 5.09. The zero-order valence-corrected chi connectivity index (χ0v) is 11.9. The van der Waals surface area contributed by atoms with Crippen molar-refractivity contribution in [3.8, 4) is 0 Å². The number of carbonyl (C=O) groups excluding carboxylic acids is 1. The summed E-state index contributed by atoms with van der Waals surface area (Å²) in [6, 6.07) is 8.14. The van der Waals surface area contributed by atoms with Crippen LogP contribution in [-0.4, -0.2) is 25.0 Å². The van der Waals surface area contributed by atoms with Crippen LogP contribution in [0.25, 0.3) is 0 Å². The van der Waals surface area contributed by atoms with Crippen molar-refractivity contribution in [1.82, 2.24) is 10.6 Å². The summed E-state index contributed by atoms with van der Waals surface area (Å²) in [5.74, 6) is 0.169. The largest absolute Gasteiger partial charge is 0.352 e. The molecule has 0 aliphatic carbocycles. The van der Waals surface area contributed by atoms with Gasteiger partial charge in [-0.1, -0.05) is 23.7 Å². The predicted molar refractivity (Wildman–Crippen MR) is 78.4 cm³/mol. The van der Waals surface area contributed by atoms with Crippen molar-refractivity contribution in [2.24, 2.45) is 0 Å². The number of amides is 1. The normalized spacial score (nSPS) is 19.1. The zero-order chi connectivity index (χ0) is 13.5. The van der Waals surface area contributed by atoms with Gasteiger partial charge in [0, 0.05) is 24.0 Å². The molecule has 0 radical (unpaired) electrons. The minimum Gasteiger partial charge on any atom is -0.352 e. The number of piperidine rings is 1. The average Bonchev–Trinajstić information content (AvgIpc) is 2.42. The van der Waals surface area contributed by atoms with Crippen molar-refractivity contribution in [2.75, 3.05) is 13.1 Å². The SMILES string of the molecule is O=C(CCCc1ccc(Cl)cc1)NC1CCCNC1. The Hall–Kier alpha value is -1.06. The molecule has 19 heavy (non-hydrogen) atoms. The first-order chi connectivity index (χ1) is 9.24. The van der Waals surface area contributed by atoms with Gasteiger partial charge in [-0.25, -0.2) is 0 Å². The van der Waals surface area contributed by atoms with E-state index in [1.807, 2.05) is 24.3 Å². The quantitative estimate of drug-likeness (QED) is 0.870. The van der Waals surface area contributed by atoms with E-state index in [1.165, 1.54) is 5.56 Å². The molecular formula is C15H21ClN2O. The molecule has 0 saturated carbocycles. The fourth-order valence-corrected chi connectivity index (χ4v) is 2.50. The van der Waals surface area contributed by atoms with Crippen LogP contribution in [0.15, 0.2) is 24.3 Å². The number of carbonyl (C=O) groups is 1. The summed E-state index contributed by atoms with van der Waals surface area (Å²) < 4.78 is 0. The Morgan fingerprint density at radius 3 is 2.84 bits per heavy atom. The van der Waals surface area contributed by atoms with Gasteiger partial charge in [0.15, 0.2) is 0 Å². The van der Waals surface area contributed by atoms with E-state index < -0.39 is 0 Å². The summed E-state index contributed by atoms with van der Waals surface area (Å²) in [4.78, 5) is 11.8. The summed E-state index contributed by atoms with van der Waals surface area (Å²) in [7, 11) is 0. The Balaban J connectivity index is 1.64. The van der Waals surface area contributed by atoms with Crippen LogP contribution in [0, 0.1) is 0 Å². The van der Waals surface area contributed by atoms with Gasteiger partial charge in [-0.2, -0.15) is 0 Å². The maximum atomic E-state index is 11.8. The highest BCUT2D eigenvalue weighted by Gasteiger charge is 2.14. The molecule has 0 spiro atoms. The lowest BCUT2D eigenvalue weighted by Gasteiger charge is -2.23. The Morgan fingerprint density at radius 1 is 1.37 bits per heavy atom. The number of halogens is 1. The molecule has 4 heteroatoms. The third kappa shape index (κ3) is 5.21. The second kappa shape index (κ2) is 7.51. The lowest BCUT2D eigenvalue weighted by Crippen LogP contribution is -2.45. The Bertz CT molecular complexity index is 399. The van der Waals surface area contributed by atoms with Crippen LogP contribution in [0.4, 0.5) is 0 Å². The molecule has 104 valence electrons. The summed E-state index contributed by atoms with van der Waals surface area (Å²) in [6.45, 7) is 1.98. The van der Waals surface area contributed by atoms with Crippen molar-refractivity contribution >= 4 is 17.5 Å². The van der Waals surface area contributed by atoms with Crippen LogP contribution >= 0.6 is 11.6 Å². The molecule has 0 bridgehead atoms. The molecule has 2 N–H and O–H groups in total. The van der Waals surface area contributed by atoms with Gasteiger partial charge in [0.2, 0.25) is 5.91 Å². The molecule has 1 unspecified atom stereocenters. The van der Waals surface area contributed by atoms with Crippen molar-refractivity contribution in [3.63, 3.8) is 0 Å². The van der Waals surface area contributed by atoms with Crippen LogP contribution in [0.1, 0.15) is 31.2 Å². The first-order valence-corrected chi connectivity index (χ1v) is 7.36. The van der Waals surface area contributed by atoms with E-state index in [9.17, 15) is 4.79 Å². The van der Waals surface area contributed by atoms with Crippen molar-refractivity contribution in [3.05, 3.63) is 34.9 Å². The fraction of sp³-hybridized carbons (Fsp3) is 0.533. The standard InChI is InChI=1S/C15H21ClN2O/c16-13-8-6-12(7-9-13)3-1-5-15(19)18-14-4-2-10-17-11-14/h6-9,14,17H,1-5,10-11H2,(H,18,19). The highest BCUT2D eigenvalue weighted by Crippen LogP contribution is 2.11. The number of nitrogens with one attached hydrogen (secondary N) is 2. The van der Waals surface area contributed by atoms with Gasteiger partial charge < -0.3 is 10.6 Å².